The molecule has 0 saturated carbocycles. The Hall–Kier alpha value is -0.740. The van der Waals surface area contributed by atoms with Gasteiger partial charge in [0.05, 0.1) is 20.8 Å². The molecule has 1 aromatic heterocycles. The van der Waals surface area contributed by atoms with E-state index in [9.17, 15) is 0 Å². The van der Waals surface area contributed by atoms with Gasteiger partial charge >= 0.3 is 0 Å². The van der Waals surface area contributed by atoms with Crippen LogP contribution in [0.5, 0.6) is 0 Å². The standard InChI is InChI=1S/C14H16Cl3N3/c1-8-10(7-20(3)19-8)6-18-9(2)11-4-5-12(15)14(17)13(11)16/h4-5,7,9,18H,6H2,1-3H3. The summed E-state index contributed by atoms with van der Waals surface area (Å²) in [4.78, 5) is 0. The molecule has 0 radical (unpaired) electrons. The Labute approximate surface area is 133 Å². The number of aryl methyl sites for hydroxylation is 2. The molecule has 20 heavy (non-hydrogen) atoms. The Balaban J connectivity index is 2.11. The second-order valence-electron chi connectivity index (χ2n) is 4.78. The van der Waals surface area contributed by atoms with Gasteiger partial charge in [-0.25, -0.2) is 0 Å². The van der Waals surface area contributed by atoms with Crippen LogP contribution in [0, 0.1) is 6.92 Å². The molecule has 1 aromatic carbocycles. The van der Waals surface area contributed by atoms with Crippen molar-refractivity contribution in [3.05, 3.63) is 50.2 Å². The van der Waals surface area contributed by atoms with E-state index in [0.717, 1.165) is 23.4 Å². The third-order valence-electron chi connectivity index (χ3n) is 3.25. The average Bonchev–Trinajstić information content (AvgIpc) is 2.72. The highest BCUT2D eigenvalue weighted by atomic mass is 35.5. The van der Waals surface area contributed by atoms with Crippen molar-refractivity contribution in [3.63, 3.8) is 0 Å². The van der Waals surface area contributed by atoms with Crippen molar-refractivity contribution >= 4 is 34.8 Å². The third-order valence-corrected chi connectivity index (χ3v) is 4.55. The van der Waals surface area contributed by atoms with E-state index in [1.165, 1.54) is 0 Å². The molecule has 6 heteroatoms. The van der Waals surface area contributed by atoms with Gasteiger partial charge in [0, 0.05) is 31.4 Å². The molecule has 2 aromatic rings. The van der Waals surface area contributed by atoms with E-state index in [2.05, 4.69) is 10.4 Å². The molecule has 2 rings (SSSR count). The van der Waals surface area contributed by atoms with Gasteiger partial charge in [0.2, 0.25) is 0 Å². The largest absolute Gasteiger partial charge is 0.306 e. The highest BCUT2D eigenvalue weighted by molar-refractivity contribution is 6.48. The molecule has 1 N–H and O–H groups in total. The second kappa shape index (κ2) is 6.35. The first-order valence-corrected chi connectivity index (χ1v) is 7.39. The summed E-state index contributed by atoms with van der Waals surface area (Å²) in [5.41, 5.74) is 3.12. The summed E-state index contributed by atoms with van der Waals surface area (Å²) in [7, 11) is 1.91. The lowest BCUT2D eigenvalue weighted by atomic mass is 10.1. The van der Waals surface area contributed by atoms with Gasteiger partial charge in [-0.1, -0.05) is 40.9 Å². The average molecular weight is 333 g/mol. The molecular weight excluding hydrogens is 317 g/mol. The number of rotatable bonds is 4. The molecule has 0 amide bonds. The van der Waals surface area contributed by atoms with Gasteiger partial charge in [-0.2, -0.15) is 5.10 Å². The summed E-state index contributed by atoms with van der Waals surface area (Å²) < 4.78 is 1.81. The summed E-state index contributed by atoms with van der Waals surface area (Å²) >= 11 is 18.2. The van der Waals surface area contributed by atoms with Crippen LogP contribution in [-0.2, 0) is 13.6 Å². The maximum atomic E-state index is 6.24. The fraction of sp³-hybridized carbons (Fsp3) is 0.357. The van der Waals surface area contributed by atoms with E-state index < -0.39 is 0 Å². The molecule has 0 aliphatic rings. The van der Waals surface area contributed by atoms with E-state index in [4.69, 9.17) is 34.8 Å². The molecule has 1 atom stereocenters. The van der Waals surface area contributed by atoms with Gasteiger partial charge in [-0.05, 0) is 25.5 Å². The van der Waals surface area contributed by atoms with Crippen molar-refractivity contribution in [2.24, 2.45) is 7.05 Å². The number of nitrogens with zero attached hydrogens (tertiary/aromatic N) is 2. The molecule has 1 heterocycles. The quantitative estimate of drug-likeness (QED) is 0.833. The summed E-state index contributed by atoms with van der Waals surface area (Å²) in [6.45, 7) is 4.75. The highest BCUT2D eigenvalue weighted by Crippen LogP contribution is 2.35. The van der Waals surface area contributed by atoms with Gasteiger partial charge < -0.3 is 5.32 Å². The number of hydrogen-bond acceptors (Lipinski definition) is 2. The predicted molar refractivity (Wildman–Crippen MR) is 84.7 cm³/mol. The second-order valence-corrected chi connectivity index (χ2v) is 5.94. The Morgan fingerprint density at radius 2 is 1.95 bits per heavy atom. The number of hydrogen-bond donors (Lipinski definition) is 1. The summed E-state index contributed by atoms with van der Waals surface area (Å²) in [6.07, 6.45) is 2.01. The van der Waals surface area contributed by atoms with Crippen LogP contribution in [0.3, 0.4) is 0 Å². The SMILES string of the molecule is Cc1nn(C)cc1CNC(C)c1ccc(Cl)c(Cl)c1Cl. The van der Waals surface area contributed by atoms with Gasteiger partial charge in [-0.15, -0.1) is 0 Å². The van der Waals surface area contributed by atoms with Crippen molar-refractivity contribution in [3.8, 4) is 0 Å². The molecule has 0 spiro atoms. The minimum absolute atomic E-state index is 0.0665. The Morgan fingerprint density at radius 3 is 2.55 bits per heavy atom. The zero-order valence-corrected chi connectivity index (χ0v) is 13.8. The highest BCUT2D eigenvalue weighted by Gasteiger charge is 2.14. The molecule has 0 aliphatic heterocycles. The van der Waals surface area contributed by atoms with Crippen molar-refractivity contribution in [1.29, 1.82) is 0 Å². The molecule has 1 unspecified atom stereocenters. The first-order chi connectivity index (χ1) is 9.40. The van der Waals surface area contributed by atoms with E-state index in [1.807, 2.05) is 37.8 Å². The number of halogens is 3. The lowest BCUT2D eigenvalue weighted by Gasteiger charge is -2.16. The Morgan fingerprint density at radius 1 is 1.25 bits per heavy atom. The van der Waals surface area contributed by atoms with Crippen LogP contribution in [-0.4, -0.2) is 9.78 Å². The number of benzene rings is 1. The minimum atomic E-state index is 0.0665. The van der Waals surface area contributed by atoms with E-state index in [0.29, 0.717) is 15.1 Å². The summed E-state index contributed by atoms with van der Waals surface area (Å²) in [5, 5.41) is 9.10. The normalized spacial score (nSPS) is 12.7. The van der Waals surface area contributed by atoms with Crippen LogP contribution in [0.15, 0.2) is 18.3 Å². The number of nitrogens with one attached hydrogen (secondary N) is 1. The van der Waals surface area contributed by atoms with Crippen molar-refractivity contribution < 1.29 is 0 Å². The van der Waals surface area contributed by atoms with Gasteiger partial charge in [0.1, 0.15) is 0 Å². The van der Waals surface area contributed by atoms with E-state index in [-0.39, 0.29) is 6.04 Å². The lowest BCUT2D eigenvalue weighted by Crippen LogP contribution is -2.18. The lowest BCUT2D eigenvalue weighted by molar-refractivity contribution is 0.573. The van der Waals surface area contributed by atoms with Crippen LogP contribution in [0.25, 0.3) is 0 Å². The maximum absolute atomic E-state index is 6.24. The van der Waals surface area contributed by atoms with Crippen LogP contribution >= 0.6 is 34.8 Å². The fourth-order valence-corrected chi connectivity index (χ4v) is 2.78. The van der Waals surface area contributed by atoms with E-state index >= 15 is 0 Å². The van der Waals surface area contributed by atoms with Gasteiger partial charge in [-0.3, -0.25) is 4.68 Å². The van der Waals surface area contributed by atoms with Crippen molar-refractivity contribution in [1.82, 2.24) is 15.1 Å². The minimum Gasteiger partial charge on any atom is -0.306 e. The molecule has 0 bridgehead atoms. The zero-order valence-electron chi connectivity index (χ0n) is 11.5. The molecule has 3 nitrogen and oxygen atoms in total. The summed E-state index contributed by atoms with van der Waals surface area (Å²) in [6, 6.07) is 3.72. The smallest absolute Gasteiger partial charge is 0.0781 e. The van der Waals surface area contributed by atoms with Crippen LogP contribution in [0.4, 0.5) is 0 Å². The monoisotopic (exact) mass is 331 g/mol. The third kappa shape index (κ3) is 3.29. The Bertz CT molecular complexity index is 622. The van der Waals surface area contributed by atoms with Gasteiger partial charge in [0.15, 0.2) is 0 Å². The van der Waals surface area contributed by atoms with Gasteiger partial charge in [0.25, 0.3) is 0 Å². The first kappa shape index (κ1) is 15.6. The van der Waals surface area contributed by atoms with Crippen LogP contribution < -0.4 is 5.32 Å². The molecule has 0 saturated heterocycles. The molecular formula is C14H16Cl3N3. The molecule has 0 aliphatic carbocycles. The van der Waals surface area contributed by atoms with Crippen LogP contribution in [0.2, 0.25) is 15.1 Å². The van der Waals surface area contributed by atoms with Crippen molar-refractivity contribution in [2.75, 3.05) is 0 Å². The topological polar surface area (TPSA) is 29.9 Å². The molecule has 108 valence electrons. The summed E-state index contributed by atoms with van der Waals surface area (Å²) in [5.74, 6) is 0. The Kier molecular flexibility index (Phi) is 4.97. The zero-order chi connectivity index (χ0) is 14.9. The van der Waals surface area contributed by atoms with Crippen LogP contribution in [0.1, 0.15) is 29.8 Å². The fourth-order valence-electron chi connectivity index (χ4n) is 2.07. The number of aromatic nitrogens is 2. The molecule has 0 fully saturated rings. The first-order valence-electron chi connectivity index (χ1n) is 6.26. The van der Waals surface area contributed by atoms with E-state index in [1.54, 1.807) is 6.07 Å². The maximum Gasteiger partial charge on any atom is 0.0781 e. The predicted octanol–water partition coefficient (Wildman–Crippen LogP) is 4.54. The van der Waals surface area contributed by atoms with Crippen molar-refractivity contribution in [2.45, 2.75) is 26.4 Å².